The molecular formula is C19H20Cl2N2O2. The Morgan fingerprint density at radius 3 is 2.04 bits per heavy atom. The Hall–Kier alpha value is -2.04. The van der Waals surface area contributed by atoms with Gasteiger partial charge < -0.3 is 10.6 Å². The van der Waals surface area contributed by atoms with Gasteiger partial charge >= 0.3 is 0 Å². The van der Waals surface area contributed by atoms with E-state index in [1.54, 1.807) is 18.2 Å². The summed E-state index contributed by atoms with van der Waals surface area (Å²) in [5, 5.41) is 6.01. The molecule has 4 nitrogen and oxygen atoms in total. The first kappa shape index (κ1) is 19.3. The van der Waals surface area contributed by atoms with Gasteiger partial charge in [0.1, 0.15) is 6.42 Å². The highest BCUT2D eigenvalue weighted by molar-refractivity contribution is 6.39. The van der Waals surface area contributed by atoms with Crippen LogP contribution in [0.15, 0.2) is 42.5 Å². The van der Waals surface area contributed by atoms with Gasteiger partial charge in [-0.25, -0.2) is 0 Å². The molecule has 0 unspecified atom stereocenters. The number of carbonyl (C=O) groups excluding carboxylic acids is 2. The molecule has 0 aromatic heterocycles. The molecule has 0 heterocycles. The third-order valence-corrected chi connectivity index (χ3v) is 4.19. The van der Waals surface area contributed by atoms with Crippen molar-refractivity contribution in [3.05, 3.63) is 58.1 Å². The number of benzene rings is 2. The third-order valence-electron chi connectivity index (χ3n) is 3.56. The maximum Gasteiger partial charge on any atom is 0.233 e. The third kappa shape index (κ3) is 5.21. The van der Waals surface area contributed by atoms with Crippen molar-refractivity contribution in [3.63, 3.8) is 0 Å². The Balaban J connectivity index is 2.05. The van der Waals surface area contributed by atoms with Crippen molar-refractivity contribution in [3.8, 4) is 0 Å². The molecule has 25 heavy (non-hydrogen) atoms. The highest BCUT2D eigenvalue weighted by atomic mass is 35.5. The van der Waals surface area contributed by atoms with E-state index in [1.807, 2.05) is 24.3 Å². The van der Waals surface area contributed by atoms with Crippen LogP contribution in [0, 0.1) is 0 Å². The normalized spacial score (nSPS) is 11.1. The summed E-state index contributed by atoms with van der Waals surface area (Å²) >= 11 is 12.0. The molecule has 2 amide bonds. The zero-order valence-corrected chi connectivity index (χ0v) is 15.8. The molecule has 0 aliphatic rings. The van der Waals surface area contributed by atoms with E-state index >= 15 is 0 Å². The van der Waals surface area contributed by atoms with Gasteiger partial charge in [0.15, 0.2) is 0 Å². The Morgan fingerprint density at radius 1 is 0.880 bits per heavy atom. The van der Waals surface area contributed by atoms with Gasteiger partial charge in [0.2, 0.25) is 11.8 Å². The Morgan fingerprint density at radius 2 is 1.44 bits per heavy atom. The number of hydrogen-bond acceptors (Lipinski definition) is 2. The van der Waals surface area contributed by atoms with Crippen molar-refractivity contribution >= 4 is 46.4 Å². The van der Waals surface area contributed by atoms with Crippen molar-refractivity contribution in [2.45, 2.75) is 32.6 Å². The lowest BCUT2D eigenvalue weighted by Crippen LogP contribution is -2.23. The lowest BCUT2D eigenvalue weighted by molar-refractivity contribution is -0.123. The van der Waals surface area contributed by atoms with Crippen molar-refractivity contribution < 1.29 is 9.59 Å². The summed E-state index contributed by atoms with van der Waals surface area (Å²) in [7, 11) is 0. The zero-order valence-electron chi connectivity index (χ0n) is 14.3. The Bertz CT molecular complexity index is 778. The molecule has 0 spiro atoms. The minimum Gasteiger partial charge on any atom is -0.325 e. The van der Waals surface area contributed by atoms with Crippen molar-refractivity contribution in [2.24, 2.45) is 0 Å². The van der Waals surface area contributed by atoms with Crippen LogP contribution in [0.4, 0.5) is 11.4 Å². The molecule has 2 rings (SSSR count). The van der Waals surface area contributed by atoms with E-state index < -0.39 is 11.8 Å². The molecule has 0 aliphatic heterocycles. The molecule has 0 saturated carbocycles. The molecule has 0 radical (unpaired) electrons. The molecule has 2 aromatic rings. The van der Waals surface area contributed by atoms with Crippen molar-refractivity contribution in [2.75, 3.05) is 10.6 Å². The van der Waals surface area contributed by atoms with Crippen LogP contribution in [0.5, 0.6) is 0 Å². The number of amides is 2. The van der Waals surface area contributed by atoms with Gasteiger partial charge in [0, 0.05) is 5.69 Å². The highest BCUT2D eigenvalue weighted by Crippen LogP contribution is 2.30. The summed E-state index contributed by atoms with van der Waals surface area (Å²) in [5.74, 6) is -0.891. The first-order valence-corrected chi connectivity index (χ1v) is 8.57. The van der Waals surface area contributed by atoms with Gasteiger partial charge in [-0.2, -0.15) is 0 Å². The molecule has 2 N–H and O–H groups in total. The van der Waals surface area contributed by atoms with Gasteiger partial charge in [0.25, 0.3) is 0 Å². The predicted octanol–water partition coefficient (Wildman–Crippen LogP) is 5.26. The van der Waals surface area contributed by atoms with E-state index in [4.69, 9.17) is 23.2 Å². The Kier molecular flexibility index (Phi) is 6.09. The van der Waals surface area contributed by atoms with Gasteiger partial charge in [-0.1, -0.05) is 68.2 Å². The maximum atomic E-state index is 12.2. The first-order valence-electron chi connectivity index (χ1n) is 7.81. The molecule has 2 aromatic carbocycles. The van der Waals surface area contributed by atoms with Gasteiger partial charge in [0.05, 0.1) is 15.7 Å². The second-order valence-corrected chi connectivity index (χ2v) is 7.48. The standard InChI is InChI=1S/C19H20Cl2N2O2/c1-19(2,3)12-7-4-5-10-15(12)22-16(24)11-17(25)23-18-13(20)8-6-9-14(18)21/h4-10H,11H2,1-3H3,(H,22,24)(H,23,25). The minimum absolute atomic E-state index is 0.128. The summed E-state index contributed by atoms with van der Waals surface area (Å²) in [6.07, 6.45) is -0.333. The van der Waals surface area contributed by atoms with E-state index in [9.17, 15) is 9.59 Å². The van der Waals surface area contributed by atoms with Crippen LogP contribution in [0.1, 0.15) is 32.8 Å². The molecule has 0 atom stereocenters. The molecule has 6 heteroatoms. The smallest absolute Gasteiger partial charge is 0.233 e. The largest absolute Gasteiger partial charge is 0.325 e. The van der Waals surface area contributed by atoms with Crippen LogP contribution < -0.4 is 10.6 Å². The summed E-state index contributed by atoms with van der Waals surface area (Å²) in [4.78, 5) is 24.3. The topological polar surface area (TPSA) is 58.2 Å². The zero-order chi connectivity index (χ0) is 18.6. The van der Waals surface area contributed by atoms with Crippen LogP contribution in [-0.2, 0) is 15.0 Å². The van der Waals surface area contributed by atoms with Crippen LogP contribution >= 0.6 is 23.2 Å². The molecule has 0 saturated heterocycles. The van der Waals surface area contributed by atoms with Crippen LogP contribution in [0.2, 0.25) is 10.0 Å². The molecular weight excluding hydrogens is 359 g/mol. The van der Waals surface area contributed by atoms with E-state index in [2.05, 4.69) is 31.4 Å². The SMILES string of the molecule is CC(C)(C)c1ccccc1NC(=O)CC(=O)Nc1c(Cl)cccc1Cl. The van der Waals surface area contributed by atoms with Crippen LogP contribution in [0.3, 0.4) is 0 Å². The number of anilines is 2. The maximum absolute atomic E-state index is 12.2. The summed E-state index contributed by atoms with van der Waals surface area (Å²) in [6.45, 7) is 6.18. The molecule has 0 aliphatic carbocycles. The molecule has 0 fully saturated rings. The van der Waals surface area contributed by atoms with E-state index in [-0.39, 0.29) is 11.8 Å². The van der Waals surface area contributed by atoms with Gasteiger partial charge in [-0.3, -0.25) is 9.59 Å². The van der Waals surface area contributed by atoms with Crippen LogP contribution in [0.25, 0.3) is 0 Å². The summed E-state index contributed by atoms with van der Waals surface area (Å²) in [6, 6.07) is 12.4. The van der Waals surface area contributed by atoms with E-state index in [0.717, 1.165) is 5.56 Å². The number of halogens is 2. The number of rotatable bonds is 4. The van der Waals surface area contributed by atoms with E-state index in [1.165, 1.54) is 0 Å². The highest BCUT2D eigenvalue weighted by Gasteiger charge is 2.19. The molecule has 0 bridgehead atoms. The van der Waals surface area contributed by atoms with Crippen LogP contribution in [-0.4, -0.2) is 11.8 Å². The Labute approximate surface area is 157 Å². The predicted molar refractivity (Wildman–Crippen MR) is 103 cm³/mol. The molecule has 132 valence electrons. The number of para-hydroxylation sites is 2. The van der Waals surface area contributed by atoms with Crippen molar-refractivity contribution in [1.82, 2.24) is 0 Å². The summed E-state index contributed by atoms with van der Waals surface area (Å²) < 4.78 is 0. The fourth-order valence-electron chi connectivity index (χ4n) is 2.39. The quantitative estimate of drug-likeness (QED) is 0.712. The lowest BCUT2D eigenvalue weighted by Gasteiger charge is -2.23. The fraction of sp³-hybridized carbons (Fsp3) is 0.263. The monoisotopic (exact) mass is 378 g/mol. The number of carbonyl (C=O) groups is 2. The second-order valence-electron chi connectivity index (χ2n) is 6.67. The second kappa shape index (κ2) is 7.89. The van der Waals surface area contributed by atoms with E-state index in [0.29, 0.717) is 21.4 Å². The number of hydrogen-bond donors (Lipinski definition) is 2. The average Bonchev–Trinajstić information content (AvgIpc) is 2.50. The first-order chi connectivity index (χ1) is 11.7. The lowest BCUT2D eigenvalue weighted by atomic mass is 9.86. The summed E-state index contributed by atoms with van der Waals surface area (Å²) in [5.41, 5.74) is 1.87. The minimum atomic E-state index is -0.485. The van der Waals surface area contributed by atoms with Gasteiger partial charge in [-0.05, 0) is 29.2 Å². The average molecular weight is 379 g/mol. The fourth-order valence-corrected chi connectivity index (χ4v) is 2.88. The van der Waals surface area contributed by atoms with Gasteiger partial charge in [-0.15, -0.1) is 0 Å². The van der Waals surface area contributed by atoms with Crippen molar-refractivity contribution in [1.29, 1.82) is 0 Å². The number of nitrogens with one attached hydrogen (secondary N) is 2.